The van der Waals surface area contributed by atoms with Gasteiger partial charge in [-0.15, -0.1) is 0 Å². The summed E-state index contributed by atoms with van der Waals surface area (Å²) in [4.78, 5) is 13.9. The van der Waals surface area contributed by atoms with Crippen molar-refractivity contribution < 1.29 is 28.8 Å². The van der Waals surface area contributed by atoms with E-state index in [-0.39, 0.29) is 18.9 Å². The van der Waals surface area contributed by atoms with Crippen LogP contribution in [0.1, 0.15) is 23.7 Å². The van der Waals surface area contributed by atoms with Crippen LogP contribution in [0.5, 0.6) is 17.2 Å². The van der Waals surface area contributed by atoms with Crippen molar-refractivity contribution in [1.82, 2.24) is 4.90 Å². The Balaban J connectivity index is 2.24. The molecule has 1 amide bonds. The van der Waals surface area contributed by atoms with Crippen molar-refractivity contribution in [2.75, 3.05) is 42.0 Å². The molecule has 0 radical (unpaired) electrons. The molecule has 0 aliphatic rings. The number of carbonyl (C=O) groups is 1. The van der Waals surface area contributed by atoms with Gasteiger partial charge in [0.15, 0.2) is 11.5 Å². The Kier molecular flexibility index (Phi) is 8.95. The molecule has 0 heterocycles. The molecule has 30 heavy (non-hydrogen) atoms. The van der Waals surface area contributed by atoms with Crippen molar-refractivity contribution in [2.45, 2.75) is 19.1 Å². The summed E-state index contributed by atoms with van der Waals surface area (Å²) in [6.45, 7) is 0.613. The summed E-state index contributed by atoms with van der Waals surface area (Å²) in [6.07, 6.45) is -0.821. The minimum Gasteiger partial charge on any atom is -0.493 e. The van der Waals surface area contributed by atoms with E-state index in [4.69, 9.17) is 18.9 Å². The number of benzene rings is 2. The largest absolute Gasteiger partial charge is 0.493 e. The quantitative estimate of drug-likeness (QED) is 0.606. The van der Waals surface area contributed by atoms with Crippen LogP contribution >= 0.6 is 0 Å². The molecule has 7 nitrogen and oxygen atoms in total. The van der Waals surface area contributed by atoms with E-state index in [1.54, 1.807) is 26.2 Å². The summed E-state index contributed by atoms with van der Waals surface area (Å²) in [6, 6.07) is 13.1. The molecule has 164 valence electrons. The van der Waals surface area contributed by atoms with Gasteiger partial charge >= 0.3 is 0 Å². The Morgan fingerprint density at radius 3 is 2.10 bits per heavy atom. The zero-order chi connectivity index (χ0) is 22.1. The fraction of sp³-hybridized carbons (Fsp3) is 0.435. The Morgan fingerprint density at radius 1 is 1.00 bits per heavy atom. The average molecular weight is 418 g/mol. The molecule has 0 saturated heterocycles. The van der Waals surface area contributed by atoms with Crippen molar-refractivity contribution in [1.29, 1.82) is 0 Å². The van der Waals surface area contributed by atoms with Gasteiger partial charge in [0.2, 0.25) is 11.7 Å². The summed E-state index contributed by atoms with van der Waals surface area (Å²) < 4.78 is 22.0. The summed E-state index contributed by atoms with van der Waals surface area (Å²) in [5, 5.41) is 11.1. The summed E-state index contributed by atoms with van der Waals surface area (Å²) in [7, 11) is 7.94. The van der Waals surface area contributed by atoms with Crippen LogP contribution in [-0.2, 0) is 16.1 Å². The van der Waals surface area contributed by atoms with Crippen LogP contribution in [0.25, 0.3) is 0 Å². The first kappa shape index (κ1) is 23.5. The van der Waals surface area contributed by atoms with Crippen molar-refractivity contribution in [2.24, 2.45) is 5.92 Å². The van der Waals surface area contributed by atoms with E-state index >= 15 is 0 Å². The van der Waals surface area contributed by atoms with Crippen molar-refractivity contribution >= 4 is 5.91 Å². The smallest absolute Gasteiger partial charge is 0.222 e. The van der Waals surface area contributed by atoms with E-state index in [1.807, 2.05) is 30.3 Å². The molecule has 0 unspecified atom stereocenters. The molecule has 0 aliphatic heterocycles. The number of ether oxygens (including phenoxy) is 4. The maximum absolute atomic E-state index is 12.4. The van der Waals surface area contributed by atoms with Gasteiger partial charge in [-0.3, -0.25) is 4.79 Å². The topological polar surface area (TPSA) is 77.5 Å². The fourth-order valence-corrected chi connectivity index (χ4v) is 3.12. The summed E-state index contributed by atoms with van der Waals surface area (Å²) in [5.41, 5.74) is 1.59. The number of hydrogen-bond donors (Lipinski definition) is 1. The summed E-state index contributed by atoms with van der Waals surface area (Å²) >= 11 is 0. The lowest BCUT2D eigenvalue weighted by atomic mass is 9.92. The third kappa shape index (κ3) is 6.11. The van der Waals surface area contributed by atoms with E-state index in [0.29, 0.717) is 29.4 Å². The standard InChI is InChI=1S/C23H31NO6/c1-24(2)21(25)13-18(15-30-14-16-9-7-6-8-10-16)22(26)17-11-19(27-3)23(29-5)20(12-17)28-4/h6-12,18,22,26H,13-15H2,1-5H3/t18-,22-/m0/s1. The minimum atomic E-state index is -0.960. The number of amides is 1. The second-order valence-corrected chi connectivity index (χ2v) is 7.16. The van der Waals surface area contributed by atoms with Crippen molar-refractivity contribution in [3.8, 4) is 17.2 Å². The highest BCUT2D eigenvalue weighted by Crippen LogP contribution is 2.41. The van der Waals surface area contributed by atoms with Crippen LogP contribution in [0.3, 0.4) is 0 Å². The molecule has 2 atom stereocenters. The first-order valence-corrected chi connectivity index (χ1v) is 9.71. The highest BCUT2D eigenvalue weighted by molar-refractivity contribution is 5.75. The lowest BCUT2D eigenvalue weighted by Crippen LogP contribution is -2.29. The molecule has 0 aromatic heterocycles. The monoisotopic (exact) mass is 417 g/mol. The van der Waals surface area contributed by atoms with Crippen LogP contribution in [-0.4, -0.2) is 57.9 Å². The van der Waals surface area contributed by atoms with Gasteiger partial charge in [0.25, 0.3) is 0 Å². The number of methoxy groups -OCH3 is 3. The molecule has 2 aromatic rings. The highest BCUT2D eigenvalue weighted by atomic mass is 16.5. The molecule has 2 aromatic carbocycles. The van der Waals surface area contributed by atoms with E-state index in [0.717, 1.165) is 5.56 Å². The predicted octanol–water partition coefficient (Wildman–Crippen LogP) is 3.06. The Bertz CT molecular complexity index is 784. The van der Waals surface area contributed by atoms with Gasteiger partial charge in [-0.25, -0.2) is 0 Å². The third-order valence-electron chi connectivity index (χ3n) is 4.85. The maximum Gasteiger partial charge on any atom is 0.222 e. The van der Waals surface area contributed by atoms with Crippen LogP contribution in [0.2, 0.25) is 0 Å². The van der Waals surface area contributed by atoms with E-state index in [9.17, 15) is 9.90 Å². The lowest BCUT2D eigenvalue weighted by Gasteiger charge is -2.25. The van der Waals surface area contributed by atoms with Gasteiger partial charge < -0.3 is 29.0 Å². The minimum absolute atomic E-state index is 0.0881. The van der Waals surface area contributed by atoms with Gasteiger partial charge in [-0.05, 0) is 23.3 Å². The maximum atomic E-state index is 12.4. The van der Waals surface area contributed by atoms with Crippen LogP contribution in [0.4, 0.5) is 0 Å². The third-order valence-corrected chi connectivity index (χ3v) is 4.85. The average Bonchev–Trinajstić information content (AvgIpc) is 2.77. The highest BCUT2D eigenvalue weighted by Gasteiger charge is 2.27. The Hall–Kier alpha value is -2.77. The van der Waals surface area contributed by atoms with Crippen LogP contribution < -0.4 is 14.2 Å². The van der Waals surface area contributed by atoms with E-state index in [1.165, 1.54) is 26.2 Å². The Morgan fingerprint density at radius 2 is 1.60 bits per heavy atom. The molecule has 0 saturated carbocycles. The van der Waals surface area contributed by atoms with Gasteiger partial charge in [0.1, 0.15) is 0 Å². The van der Waals surface area contributed by atoms with Crippen molar-refractivity contribution in [3.63, 3.8) is 0 Å². The number of nitrogens with zero attached hydrogens (tertiary/aromatic N) is 1. The zero-order valence-corrected chi connectivity index (χ0v) is 18.3. The summed E-state index contributed by atoms with van der Waals surface area (Å²) in [5.74, 6) is 0.779. The molecule has 2 rings (SSSR count). The second kappa shape index (κ2) is 11.4. The second-order valence-electron chi connectivity index (χ2n) is 7.16. The molecular formula is C23H31NO6. The van der Waals surface area contributed by atoms with Crippen molar-refractivity contribution in [3.05, 3.63) is 53.6 Å². The number of aliphatic hydroxyl groups excluding tert-OH is 1. The number of hydrogen-bond acceptors (Lipinski definition) is 6. The van der Waals surface area contributed by atoms with Gasteiger partial charge in [-0.2, -0.15) is 0 Å². The number of carbonyl (C=O) groups excluding carboxylic acids is 1. The van der Waals surface area contributed by atoms with E-state index < -0.39 is 12.0 Å². The van der Waals surface area contributed by atoms with Gasteiger partial charge in [0.05, 0.1) is 40.6 Å². The van der Waals surface area contributed by atoms with Crippen LogP contribution in [0.15, 0.2) is 42.5 Å². The first-order chi connectivity index (χ1) is 14.4. The van der Waals surface area contributed by atoms with Gasteiger partial charge in [0, 0.05) is 26.4 Å². The fourth-order valence-electron chi connectivity index (χ4n) is 3.12. The SMILES string of the molecule is COc1cc([C@H](O)[C@H](COCc2ccccc2)CC(=O)N(C)C)cc(OC)c1OC. The zero-order valence-electron chi connectivity index (χ0n) is 18.3. The number of aliphatic hydroxyl groups is 1. The first-order valence-electron chi connectivity index (χ1n) is 9.71. The Labute approximate surface area is 178 Å². The molecule has 1 N–H and O–H groups in total. The molecule has 7 heteroatoms. The van der Waals surface area contributed by atoms with Gasteiger partial charge in [-0.1, -0.05) is 30.3 Å². The molecular weight excluding hydrogens is 386 g/mol. The molecule has 0 fully saturated rings. The molecule has 0 aliphatic carbocycles. The molecule has 0 bridgehead atoms. The number of rotatable bonds is 11. The van der Waals surface area contributed by atoms with Crippen LogP contribution in [0, 0.1) is 5.92 Å². The normalized spacial score (nSPS) is 12.7. The lowest BCUT2D eigenvalue weighted by molar-refractivity contribution is -0.131. The van der Waals surface area contributed by atoms with E-state index in [2.05, 4.69) is 0 Å². The predicted molar refractivity (Wildman–Crippen MR) is 114 cm³/mol. The molecule has 0 spiro atoms.